The summed E-state index contributed by atoms with van der Waals surface area (Å²) in [7, 11) is 4.08. The maximum atomic E-state index is 13.3. The number of fused-ring (bicyclic) bond motifs is 1. The minimum absolute atomic E-state index is 0.0719. The van der Waals surface area contributed by atoms with E-state index in [4.69, 9.17) is 16.6 Å². The van der Waals surface area contributed by atoms with E-state index >= 15 is 0 Å². The van der Waals surface area contributed by atoms with Crippen LogP contribution in [0.2, 0.25) is 5.02 Å². The Labute approximate surface area is 175 Å². The molecule has 0 saturated heterocycles. The zero-order chi connectivity index (χ0) is 20.3. The van der Waals surface area contributed by atoms with Gasteiger partial charge >= 0.3 is 0 Å². The maximum Gasteiger partial charge on any atom is 0.233 e. The molecule has 0 fully saturated rings. The average Bonchev–Trinajstić information content (AvgIpc) is 3.06. The van der Waals surface area contributed by atoms with E-state index in [2.05, 4.69) is 36.9 Å². The van der Waals surface area contributed by atoms with Gasteiger partial charge in [0.2, 0.25) is 5.91 Å². The number of para-hydroxylation sites is 1. The number of hydrogen-bond donors (Lipinski definition) is 0. The molecule has 0 unspecified atom stereocenters. The van der Waals surface area contributed by atoms with Gasteiger partial charge in [-0.25, -0.2) is 4.98 Å². The molecule has 0 saturated carbocycles. The van der Waals surface area contributed by atoms with E-state index in [-0.39, 0.29) is 5.91 Å². The molecule has 4 nitrogen and oxygen atoms in total. The zero-order valence-electron chi connectivity index (χ0n) is 16.8. The number of anilines is 1. The predicted octanol–water partition coefficient (Wildman–Crippen LogP) is 5.09. The van der Waals surface area contributed by atoms with Crippen molar-refractivity contribution in [1.82, 2.24) is 9.88 Å². The number of thiazole rings is 1. The average molecular weight is 416 g/mol. The van der Waals surface area contributed by atoms with Crippen LogP contribution >= 0.6 is 22.9 Å². The van der Waals surface area contributed by atoms with Gasteiger partial charge in [-0.3, -0.25) is 9.69 Å². The molecule has 0 aliphatic rings. The van der Waals surface area contributed by atoms with E-state index in [0.717, 1.165) is 39.4 Å². The van der Waals surface area contributed by atoms with Crippen molar-refractivity contribution >= 4 is 44.2 Å². The van der Waals surface area contributed by atoms with Crippen LogP contribution < -0.4 is 4.90 Å². The summed E-state index contributed by atoms with van der Waals surface area (Å²) in [4.78, 5) is 21.9. The monoisotopic (exact) mass is 415 g/mol. The van der Waals surface area contributed by atoms with Gasteiger partial charge in [0.15, 0.2) is 5.13 Å². The van der Waals surface area contributed by atoms with Crippen LogP contribution in [0.3, 0.4) is 0 Å². The van der Waals surface area contributed by atoms with Crippen molar-refractivity contribution in [2.75, 3.05) is 32.1 Å². The molecular weight excluding hydrogens is 390 g/mol. The Morgan fingerprint density at radius 2 is 1.93 bits per heavy atom. The molecule has 0 aliphatic heterocycles. The molecule has 1 heterocycles. The summed E-state index contributed by atoms with van der Waals surface area (Å²) in [6, 6.07) is 12.0. The Morgan fingerprint density at radius 1 is 1.14 bits per heavy atom. The topological polar surface area (TPSA) is 36.4 Å². The van der Waals surface area contributed by atoms with Crippen molar-refractivity contribution in [2.24, 2.45) is 0 Å². The van der Waals surface area contributed by atoms with Crippen molar-refractivity contribution < 1.29 is 4.79 Å². The first-order chi connectivity index (χ1) is 13.3. The zero-order valence-corrected chi connectivity index (χ0v) is 18.4. The molecule has 0 N–H and O–H groups in total. The van der Waals surface area contributed by atoms with Crippen molar-refractivity contribution in [3.63, 3.8) is 0 Å². The number of rotatable bonds is 7. The smallest absolute Gasteiger partial charge is 0.233 e. The molecule has 3 rings (SSSR count). The van der Waals surface area contributed by atoms with Gasteiger partial charge in [-0.2, -0.15) is 0 Å². The standard InChI is InChI=1S/C22H26ClN3OS/c1-15-9-10-16(2)17(13-15)14-20(27)26(12-6-11-25(3)4)22-24-21-18(23)7-5-8-19(21)28-22/h5,7-10,13H,6,11-12,14H2,1-4H3. The SMILES string of the molecule is Cc1ccc(C)c(CC(=O)N(CCCN(C)C)c2nc3c(Cl)cccc3s2)c1. The number of halogens is 1. The van der Waals surface area contributed by atoms with Crippen LogP contribution in [0.1, 0.15) is 23.1 Å². The lowest BCUT2D eigenvalue weighted by Crippen LogP contribution is -2.34. The van der Waals surface area contributed by atoms with Gasteiger partial charge in [-0.15, -0.1) is 0 Å². The number of carbonyl (C=O) groups is 1. The Bertz CT molecular complexity index is 983. The van der Waals surface area contributed by atoms with Crippen LogP contribution in [0.25, 0.3) is 10.2 Å². The van der Waals surface area contributed by atoms with Crippen molar-refractivity contribution in [2.45, 2.75) is 26.7 Å². The fourth-order valence-electron chi connectivity index (χ4n) is 3.14. The minimum Gasteiger partial charge on any atom is -0.309 e. The van der Waals surface area contributed by atoms with E-state index in [1.165, 1.54) is 16.9 Å². The highest BCUT2D eigenvalue weighted by Gasteiger charge is 2.21. The van der Waals surface area contributed by atoms with Crippen LogP contribution in [0, 0.1) is 13.8 Å². The van der Waals surface area contributed by atoms with Crippen LogP contribution in [-0.2, 0) is 11.2 Å². The predicted molar refractivity (Wildman–Crippen MR) is 120 cm³/mol. The Kier molecular flexibility index (Phi) is 6.70. The fourth-order valence-corrected chi connectivity index (χ4v) is 4.45. The minimum atomic E-state index is 0.0719. The molecule has 0 aliphatic carbocycles. The number of amides is 1. The summed E-state index contributed by atoms with van der Waals surface area (Å²) in [6.45, 7) is 5.66. The second-order valence-electron chi connectivity index (χ2n) is 7.39. The second kappa shape index (κ2) is 9.03. The first kappa shape index (κ1) is 20.8. The summed E-state index contributed by atoms with van der Waals surface area (Å²) < 4.78 is 1.000. The van der Waals surface area contributed by atoms with Crippen molar-refractivity contribution in [3.8, 4) is 0 Å². The van der Waals surface area contributed by atoms with Gasteiger partial charge in [0, 0.05) is 6.54 Å². The van der Waals surface area contributed by atoms with Crippen molar-refractivity contribution in [1.29, 1.82) is 0 Å². The van der Waals surface area contributed by atoms with Gasteiger partial charge < -0.3 is 4.90 Å². The number of aromatic nitrogens is 1. The van der Waals surface area contributed by atoms with Gasteiger partial charge in [0.1, 0.15) is 5.52 Å². The highest BCUT2D eigenvalue weighted by Crippen LogP contribution is 2.33. The third-order valence-electron chi connectivity index (χ3n) is 4.72. The van der Waals surface area contributed by atoms with E-state index in [1.807, 2.05) is 37.2 Å². The van der Waals surface area contributed by atoms with E-state index in [1.54, 1.807) is 0 Å². The second-order valence-corrected chi connectivity index (χ2v) is 8.81. The van der Waals surface area contributed by atoms with Crippen LogP contribution in [0.5, 0.6) is 0 Å². The Balaban J connectivity index is 1.89. The third kappa shape index (κ3) is 4.90. The van der Waals surface area contributed by atoms with Gasteiger partial charge in [0.25, 0.3) is 0 Å². The molecule has 28 heavy (non-hydrogen) atoms. The lowest BCUT2D eigenvalue weighted by molar-refractivity contribution is -0.118. The third-order valence-corrected chi connectivity index (χ3v) is 6.07. The lowest BCUT2D eigenvalue weighted by atomic mass is 10.0. The maximum absolute atomic E-state index is 13.3. The van der Waals surface area contributed by atoms with Gasteiger partial charge in [-0.05, 0) is 64.2 Å². The number of hydrogen-bond acceptors (Lipinski definition) is 4. The summed E-state index contributed by atoms with van der Waals surface area (Å²) >= 11 is 7.82. The fraction of sp³-hybridized carbons (Fsp3) is 0.364. The highest BCUT2D eigenvalue weighted by atomic mass is 35.5. The summed E-state index contributed by atoms with van der Waals surface area (Å²) in [5.41, 5.74) is 4.14. The molecule has 1 amide bonds. The van der Waals surface area contributed by atoms with Crippen LogP contribution in [0.4, 0.5) is 5.13 Å². The lowest BCUT2D eigenvalue weighted by Gasteiger charge is -2.21. The number of carbonyl (C=O) groups excluding carboxylic acids is 1. The molecule has 0 atom stereocenters. The number of aryl methyl sites for hydroxylation is 2. The van der Waals surface area contributed by atoms with E-state index in [9.17, 15) is 4.79 Å². The first-order valence-corrected chi connectivity index (χ1v) is 10.6. The van der Waals surface area contributed by atoms with Crippen LogP contribution in [0.15, 0.2) is 36.4 Å². The molecule has 0 bridgehead atoms. The van der Waals surface area contributed by atoms with Crippen LogP contribution in [-0.4, -0.2) is 43.0 Å². The Hall–Kier alpha value is -1.95. The quantitative estimate of drug-likeness (QED) is 0.539. The van der Waals surface area contributed by atoms with E-state index < -0.39 is 0 Å². The molecule has 0 spiro atoms. The summed E-state index contributed by atoms with van der Waals surface area (Å²) in [5, 5.41) is 1.34. The van der Waals surface area contributed by atoms with E-state index in [0.29, 0.717) is 18.0 Å². The molecule has 2 aromatic carbocycles. The summed E-state index contributed by atoms with van der Waals surface area (Å²) in [5.74, 6) is 0.0719. The molecule has 6 heteroatoms. The molecule has 0 radical (unpaired) electrons. The number of nitrogens with zero attached hydrogens (tertiary/aromatic N) is 3. The normalized spacial score (nSPS) is 11.4. The van der Waals surface area contributed by atoms with Crippen molar-refractivity contribution in [3.05, 3.63) is 58.1 Å². The van der Waals surface area contributed by atoms with Gasteiger partial charge in [-0.1, -0.05) is 52.8 Å². The molecule has 148 valence electrons. The molecule has 1 aromatic heterocycles. The summed E-state index contributed by atoms with van der Waals surface area (Å²) in [6.07, 6.45) is 1.26. The largest absolute Gasteiger partial charge is 0.309 e. The molecular formula is C22H26ClN3OS. The highest BCUT2D eigenvalue weighted by molar-refractivity contribution is 7.22. The van der Waals surface area contributed by atoms with Gasteiger partial charge in [0.05, 0.1) is 16.1 Å². The first-order valence-electron chi connectivity index (χ1n) is 9.41. The Morgan fingerprint density at radius 3 is 2.64 bits per heavy atom. The molecule has 3 aromatic rings. The number of benzene rings is 2.